The van der Waals surface area contributed by atoms with Crippen molar-refractivity contribution in [2.75, 3.05) is 6.54 Å². The van der Waals surface area contributed by atoms with Crippen molar-refractivity contribution in [3.63, 3.8) is 0 Å². The summed E-state index contributed by atoms with van der Waals surface area (Å²) in [6, 6.07) is 9.03. The molecule has 0 heterocycles. The Morgan fingerprint density at radius 2 is 1.71 bits per heavy atom. The molecule has 1 saturated carbocycles. The maximum atomic E-state index is 13.0. The standard InChI is InChI=1S/C17H27NO2S/c1-2-14-18-16-12-8-3-4-9-13-17(16)21(19,20)15-10-6-5-7-11-15/h5-7,10-11,16-18H,2-4,8-9,12-14H2,1H3. The Kier molecular flexibility index (Phi) is 6.24. The number of benzene rings is 1. The molecule has 0 aromatic heterocycles. The van der Waals surface area contributed by atoms with E-state index in [1.807, 2.05) is 18.2 Å². The first-order valence-corrected chi connectivity index (χ1v) is 9.73. The Hall–Kier alpha value is -0.870. The van der Waals surface area contributed by atoms with Crippen molar-refractivity contribution in [3.05, 3.63) is 30.3 Å². The third-order valence-corrected chi connectivity index (χ3v) is 6.62. The predicted octanol–water partition coefficient (Wildman–Crippen LogP) is 3.55. The second-order valence-corrected chi connectivity index (χ2v) is 8.12. The Morgan fingerprint density at radius 3 is 2.38 bits per heavy atom. The quantitative estimate of drug-likeness (QED) is 0.904. The highest BCUT2D eigenvalue weighted by Gasteiger charge is 2.34. The summed E-state index contributed by atoms with van der Waals surface area (Å²) in [4.78, 5) is 0.471. The van der Waals surface area contributed by atoms with Crippen LogP contribution in [0.15, 0.2) is 35.2 Å². The van der Waals surface area contributed by atoms with Crippen LogP contribution >= 0.6 is 0 Å². The van der Waals surface area contributed by atoms with Crippen molar-refractivity contribution in [3.8, 4) is 0 Å². The topological polar surface area (TPSA) is 46.2 Å². The van der Waals surface area contributed by atoms with Gasteiger partial charge in [-0.25, -0.2) is 8.42 Å². The minimum absolute atomic E-state index is 0.0930. The molecule has 2 rings (SSSR count). The molecule has 4 heteroatoms. The van der Waals surface area contributed by atoms with E-state index < -0.39 is 9.84 Å². The van der Waals surface area contributed by atoms with Gasteiger partial charge in [-0.05, 0) is 37.9 Å². The SMILES string of the molecule is CCCNC1CCCCCCC1S(=O)(=O)c1ccccc1. The summed E-state index contributed by atoms with van der Waals surface area (Å²) < 4.78 is 26.0. The summed E-state index contributed by atoms with van der Waals surface area (Å²) in [5.74, 6) is 0. The minimum atomic E-state index is -3.24. The number of hydrogen-bond donors (Lipinski definition) is 1. The van der Waals surface area contributed by atoms with E-state index >= 15 is 0 Å². The molecule has 0 aliphatic heterocycles. The fourth-order valence-electron chi connectivity index (χ4n) is 3.17. The van der Waals surface area contributed by atoms with Gasteiger partial charge >= 0.3 is 0 Å². The molecule has 1 aromatic carbocycles. The van der Waals surface area contributed by atoms with Gasteiger partial charge in [0.25, 0.3) is 0 Å². The molecule has 3 nitrogen and oxygen atoms in total. The van der Waals surface area contributed by atoms with Crippen molar-refractivity contribution in [1.29, 1.82) is 0 Å². The lowest BCUT2D eigenvalue weighted by Crippen LogP contribution is -2.45. The lowest BCUT2D eigenvalue weighted by atomic mass is 9.96. The summed E-state index contributed by atoms with van der Waals surface area (Å²) in [6.07, 6.45) is 7.30. The maximum absolute atomic E-state index is 13.0. The summed E-state index contributed by atoms with van der Waals surface area (Å²) in [5.41, 5.74) is 0. The van der Waals surface area contributed by atoms with Gasteiger partial charge in [-0.1, -0.05) is 50.8 Å². The Labute approximate surface area is 129 Å². The van der Waals surface area contributed by atoms with E-state index in [1.54, 1.807) is 12.1 Å². The number of rotatable bonds is 5. The van der Waals surface area contributed by atoms with Gasteiger partial charge in [-0.15, -0.1) is 0 Å². The lowest BCUT2D eigenvalue weighted by molar-refractivity contribution is 0.387. The zero-order valence-corrected chi connectivity index (χ0v) is 13.7. The molecule has 0 bridgehead atoms. The number of hydrogen-bond acceptors (Lipinski definition) is 3. The van der Waals surface area contributed by atoms with Gasteiger partial charge in [-0.3, -0.25) is 0 Å². The van der Waals surface area contributed by atoms with Crippen molar-refractivity contribution >= 4 is 9.84 Å². The van der Waals surface area contributed by atoms with E-state index in [2.05, 4.69) is 12.2 Å². The summed E-state index contributed by atoms with van der Waals surface area (Å²) >= 11 is 0. The monoisotopic (exact) mass is 309 g/mol. The normalized spacial score (nSPS) is 24.2. The lowest BCUT2D eigenvalue weighted by Gasteiger charge is -2.30. The molecule has 2 atom stereocenters. The smallest absolute Gasteiger partial charge is 0.182 e. The molecule has 1 aromatic rings. The fraction of sp³-hybridized carbons (Fsp3) is 0.647. The van der Waals surface area contributed by atoms with E-state index in [9.17, 15) is 8.42 Å². The molecule has 21 heavy (non-hydrogen) atoms. The Balaban J connectivity index is 2.25. The van der Waals surface area contributed by atoms with Crippen LogP contribution in [0.3, 0.4) is 0 Å². The third-order valence-electron chi connectivity index (χ3n) is 4.33. The first-order valence-electron chi connectivity index (χ1n) is 8.18. The maximum Gasteiger partial charge on any atom is 0.182 e. The fourth-order valence-corrected chi connectivity index (χ4v) is 5.20. The van der Waals surface area contributed by atoms with Gasteiger partial charge < -0.3 is 5.32 Å². The second kappa shape index (κ2) is 7.95. The van der Waals surface area contributed by atoms with E-state index in [-0.39, 0.29) is 11.3 Å². The Morgan fingerprint density at radius 1 is 1.05 bits per heavy atom. The van der Waals surface area contributed by atoms with Crippen molar-refractivity contribution < 1.29 is 8.42 Å². The van der Waals surface area contributed by atoms with Crippen molar-refractivity contribution in [2.45, 2.75) is 68.1 Å². The largest absolute Gasteiger partial charge is 0.313 e. The molecule has 0 saturated heterocycles. The predicted molar refractivity (Wildman–Crippen MR) is 87.2 cm³/mol. The zero-order chi connectivity index (χ0) is 15.1. The highest BCUT2D eigenvalue weighted by atomic mass is 32.2. The first-order chi connectivity index (χ1) is 10.2. The van der Waals surface area contributed by atoms with Gasteiger partial charge in [0.05, 0.1) is 10.1 Å². The molecular formula is C17H27NO2S. The molecular weight excluding hydrogens is 282 g/mol. The van der Waals surface area contributed by atoms with Crippen LogP contribution in [0, 0.1) is 0 Å². The first kappa shape index (κ1) is 16.5. The van der Waals surface area contributed by atoms with E-state index in [0.29, 0.717) is 4.90 Å². The van der Waals surface area contributed by atoms with Crippen LogP contribution in [-0.2, 0) is 9.84 Å². The molecule has 118 valence electrons. The van der Waals surface area contributed by atoms with Gasteiger partial charge in [0.2, 0.25) is 0 Å². The van der Waals surface area contributed by atoms with Gasteiger partial charge in [0, 0.05) is 6.04 Å². The number of sulfone groups is 1. The third kappa shape index (κ3) is 4.30. The van der Waals surface area contributed by atoms with E-state index in [4.69, 9.17) is 0 Å². The van der Waals surface area contributed by atoms with Crippen molar-refractivity contribution in [1.82, 2.24) is 5.32 Å². The molecule has 1 fully saturated rings. The van der Waals surface area contributed by atoms with Gasteiger partial charge in [0.1, 0.15) is 0 Å². The Bertz CT molecular complexity index is 511. The van der Waals surface area contributed by atoms with Crippen LogP contribution < -0.4 is 5.32 Å². The average Bonchev–Trinajstić information content (AvgIpc) is 2.47. The van der Waals surface area contributed by atoms with Crippen LogP contribution in [0.2, 0.25) is 0 Å². The average molecular weight is 309 g/mol. The minimum Gasteiger partial charge on any atom is -0.313 e. The van der Waals surface area contributed by atoms with E-state index in [0.717, 1.165) is 45.1 Å². The molecule has 0 spiro atoms. The van der Waals surface area contributed by atoms with Crippen LogP contribution in [0.5, 0.6) is 0 Å². The highest BCUT2D eigenvalue weighted by Crippen LogP contribution is 2.27. The summed E-state index contributed by atoms with van der Waals surface area (Å²) in [7, 11) is -3.24. The zero-order valence-electron chi connectivity index (χ0n) is 12.9. The summed E-state index contributed by atoms with van der Waals surface area (Å²) in [5, 5.41) is 3.20. The van der Waals surface area contributed by atoms with Crippen LogP contribution in [-0.4, -0.2) is 26.3 Å². The van der Waals surface area contributed by atoms with Crippen LogP contribution in [0.25, 0.3) is 0 Å². The molecule has 1 aliphatic rings. The van der Waals surface area contributed by atoms with E-state index in [1.165, 1.54) is 6.42 Å². The van der Waals surface area contributed by atoms with Gasteiger partial charge in [-0.2, -0.15) is 0 Å². The molecule has 2 unspecified atom stereocenters. The van der Waals surface area contributed by atoms with Crippen molar-refractivity contribution in [2.24, 2.45) is 0 Å². The number of nitrogens with one attached hydrogen (secondary N) is 1. The molecule has 1 N–H and O–H groups in total. The van der Waals surface area contributed by atoms with Crippen LogP contribution in [0.4, 0.5) is 0 Å². The molecule has 0 amide bonds. The molecule has 1 aliphatic carbocycles. The highest BCUT2D eigenvalue weighted by molar-refractivity contribution is 7.92. The molecule has 0 radical (unpaired) electrons. The van der Waals surface area contributed by atoms with Gasteiger partial charge in [0.15, 0.2) is 9.84 Å². The summed E-state index contributed by atoms with van der Waals surface area (Å²) in [6.45, 7) is 3.02. The second-order valence-electron chi connectivity index (χ2n) is 5.95. The van der Waals surface area contributed by atoms with Crippen LogP contribution in [0.1, 0.15) is 51.9 Å².